The molecule has 0 aliphatic carbocycles. The molecule has 0 spiro atoms. The third-order valence-electron chi connectivity index (χ3n) is 4.28. The monoisotopic (exact) mass is 284 g/mol. The highest BCUT2D eigenvalue weighted by atomic mass is 16.3. The maximum Gasteiger partial charge on any atom is 0.119 e. The first-order valence-corrected chi connectivity index (χ1v) is 7.66. The van der Waals surface area contributed by atoms with Gasteiger partial charge in [-0.3, -0.25) is 0 Å². The molecular formula is C19H24O2. The van der Waals surface area contributed by atoms with Gasteiger partial charge in [0.05, 0.1) is 0 Å². The van der Waals surface area contributed by atoms with E-state index in [1.165, 1.54) is 0 Å². The van der Waals surface area contributed by atoms with Crippen molar-refractivity contribution in [2.75, 3.05) is 0 Å². The summed E-state index contributed by atoms with van der Waals surface area (Å²) < 4.78 is 0. The normalized spacial score (nSPS) is 11.5. The lowest BCUT2D eigenvalue weighted by molar-refractivity contribution is 0.405. The topological polar surface area (TPSA) is 40.5 Å². The van der Waals surface area contributed by atoms with Crippen LogP contribution in [0.25, 0.3) is 0 Å². The molecule has 0 heterocycles. The summed E-state index contributed by atoms with van der Waals surface area (Å²) in [6, 6.07) is 14.9. The summed E-state index contributed by atoms with van der Waals surface area (Å²) in [5.74, 6) is 0.583. The number of para-hydroxylation sites is 2. The summed E-state index contributed by atoms with van der Waals surface area (Å²) in [6.07, 6.45) is 4.26. The number of aromatic hydroxyl groups is 2. The fourth-order valence-corrected chi connectivity index (χ4v) is 3.02. The minimum Gasteiger partial charge on any atom is -0.508 e. The van der Waals surface area contributed by atoms with Gasteiger partial charge in [0.15, 0.2) is 0 Å². The van der Waals surface area contributed by atoms with E-state index in [4.69, 9.17) is 0 Å². The van der Waals surface area contributed by atoms with Crippen LogP contribution in [0.1, 0.15) is 50.7 Å². The van der Waals surface area contributed by atoms with Gasteiger partial charge in [-0.25, -0.2) is 0 Å². The van der Waals surface area contributed by atoms with E-state index in [0.29, 0.717) is 11.5 Å². The van der Waals surface area contributed by atoms with E-state index in [9.17, 15) is 10.2 Å². The van der Waals surface area contributed by atoms with Crippen molar-refractivity contribution in [2.24, 2.45) is 0 Å². The smallest absolute Gasteiger partial charge is 0.119 e. The molecule has 2 aromatic rings. The summed E-state index contributed by atoms with van der Waals surface area (Å²) in [5, 5.41) is 20.5. The van der Waals surface area contributed by atoms with Crippen molar-refractivity contribution in [1.82, 2.24) is 0 Å². The third kappa shape index (κ3) is 3.21. The Morgan fingerprint density at radius 1 is 0.810 bits per heavy atom. The van der Waals surface area contributed by atoms with Gasteiger partial charge < -0.3 is 10.2 Å². The molecule has 0 amide bonds. The number of phenolic OH excluding ortho intramolecular Hbond substituents is 2. The Morgan fingerprint density at radius 3 is 1.71 bits per heavy atom. The zero-order valence-electron chi connectivity index (χ0n) is 12.8. The number of benzene rings is 2. The van der Waals surface area contributed by atoms with E-state index in [2.05, 4.69) is 13.8 Å². The van der Waals surface area contributed by atoms with Gasteiger partial charge in [-0.2, -0.15) is 0 Å². The van der Waals surface area contributed by atoms with Crippen LogP contribution < -0.4 is 0 Å². The summed E-state index contributed by atoms with van der Waals surface area (Å²) in [7, 11) is 0. The molecule has 0 saturated heterocycles. The Kier molecular flexibility index (Phi) is 4.89. The van der Waals surface area contributed by atoms with Gasteiger partial charge in [-0.1, -0.05) is 69.5 Å². The van der Waals surface area contributed by atoms with Crippen LogP contribution in [0.3, 0.4) is 0 Å². The van der Waals surface area contributed by atoms with Crippen LogP contribution in [0.2, 0.25) is 0 Å². The second-order valence-corrected chi connectivity index (χ2v) is 5.82. The zero-order chi connectivity index (χ0) is 15.3. The highest BCUT2D eigenvalue weighted by molar-refractivity contribution is 5.50. The van der Waals surface area contributed by atoms with Crippen LogP contribution in [-0.2, 0) is 5.41 Å². The molecule has 0 bridgehead atoms. The van der Waals surface area contributed by atoms with E-state index in [0.717, 1.165) is 36.8 Å². The number of unbranched alkanes of at least 4 members (excludes halogenated alkanes) is 2. The lowest BCUT2D eigenvalue weighted by Gasteiger charge is -2.32. The Hall–Kier alpha value is -1.96. The van der Waals surface area contributed by atoms with Gasteiger partial charge in [0.25, 0.3) is 0 Å². The standard InChI is InChI=1S/C19H24O2/c1-3-4-9-14-19(2,15-10-5-7-12-17(15)20)16-11-6-8-13-18(16)21/h5-8,10-13,20-21H,3-4,9,14H2,1-2H3. The number of hydrogen-bond donors (Lipinski definition) is 2. The molecule has 0 atom stereocenters. The van der Waals surface area contributed by atoms with Crippen LogP contribution in [0, 0.1) is 0 Å². The van der Waals surface area contributed by atoms with Crippen LogP contribution in [0.4, 0.5) is 0 Å². The summed E-state index contributed by atoms with van der Waals surface area (Å²) in [5.41, 5.74) is 1.37. The highest BCUT2D eigenvalue weighted by Gasteiger charge is 2.32. The van der Waals surface area contributed by atoms with E-state index in [1.807, 2.05) is 36.4 Å². The van der Waals surface area contributed by atoms with Gasteiger partial charge in [0, 0.05) is 16.5 Å². The Bertz CT molecular complexity index is 544. The molecule has 2 nitrogen and oxygen atoms in total. The number of rotatable bonds is 6. The van der Waals surface area contributed by atoms with Crippen LogP contribution in [0.15, 0.2) is 48.5 Å². The van der Waals surface area contributed by atoms with E-state index < -0.39 is 0 Å². The zero-order valence-corrected chi connectivity index (χ0v) is 12.8. The van der Waals surface area contributed by atoms with Crippen LogP contribution in [0.5, 0.6) is 11.5 Å². The van der Waals surface area contributed by atoms with Crippen molar-refractivity contribution in [1.29, 1.82) is 0 Å². The molecule has 2 N–H and O–H groups in total. The van der Waals surface area contributed by atoms with Gasteiger partial charge >= 0.3 is 0 Å². The molecular weight excluding hydrogens is 260 g/mol. The van der Waals surface area contributed by atoms with E-state index in [-0.39, 0.29) is 5.41 Å². The van der Waals surface area contributed by atoms with Crippen molar-refractivity contribution >= 4 is 0 Å². The van der Waals surface area contributed by atoms with Crippen molar-refractivity contribution < 1.29 is 10.2 Å². The molecule has 2 rings (SSSR count). The van der Waals surface area contributed by atoms with Gasteiger partial charge in [-0.05, 0) is 18.6 Å². The van der Waals surface area contributed by atoms with Crippen molar-refractivity contribution in [3.05, 3.63) is 59.7 Å². The molecule has 0 aliphatic heterocycles. The summed E-state index contributed by atoms with van der Waals surface area (Å²) >= 11 is 0. The van der Waals surface area contributed by atoms with Crippen molar-refractivity contribution in [2.45, 2.75) is 44.9 Å². The van der Waals surface area contributed by atoms with Crippen LogP contribution in [-0.4, -0.2) is 10.2 Å². The van der Waals surface area contributed by atoms with Gasteiger partial charge in [0.2, 0.25) is 0 Å². The molecule has 21 heavy (non-hydrogen) atoms. The van der Waals surface area contributed by atoms with Crippen molar-refractivity contribution in [3.63, 3.8) is 0 Å². The predicted molar refractivity (Wildman–Crippen MR) is 86.8 cm³/mol. The molecule has 0 aliphatic rings. The van der Waals surface area contributed by atoms with E-state index in [1.54, 1.807) is 12.1 Å². The first kappa shape index (κ1) is 15.4. The molecule has 0 fully saturated rings. The Balaban J connectivity index is 2.49. The Labute approximate surface area is 127 Å². The van der Waals surface area contributed by atoms with Gasteiger partial charge in [0.1, 0.15) is 11.5 Å². The molecule has 2 heteroatoms. The average molecular weight is 284 g/mol. The number of phenols is 2. The third-order valence-corrected chi connectivity index (χ3v) is 4.28. The molecule has 112 valence electrons. The fraction of sp³-hybridized carbons (Fsp3) is 0.368. The lowest BCUT2D eigenvalue weighted by atomic mass is 9.72. The first-order valence-electron chi connectivity index (χ1n) is 7.66. The maximum absolute atomic E-state index is 10.3. The SMILES string of the molecule is CCCCCC(C)(c1ccccc1O)c1ccccc1O. The average Bonchev–Trinajstić information content (AvgIpc) is 2.48. The number of hydrogen-bond acceptors (Lipinski definition) is 2. The van der Waals surface area contributed by atoms with Gasteiger partial charge in [-0.15, -0.1) is 0 Å². The lowest BCUT2D eigenvalue weighted by Crippen LogP contribution is -2.24. The van der Waals surface area contributed by atoms with Crippen LogP contribution >= 0.6 is 0 Å². The summed E-state index contributed by atoms with van der Waals surface area (Å²) in [6.45, 7) is 4.28. The molecule has 0 saturated carbocycles. The summed E-state index contributed by atoms with van der Waals surface area (Å²) in [4.78, 5) is 0. The molecule has 0 aromatic heterocycles. The Morgan fingerprint density at radius 2 is 1.29 bits per heavy atom. The quantitative estimate of drug-likeness (QED) is 0.734. The maximum atomic E-state index is 10.3. The van der Waals surface area contributed by atoms with E-state index >= 15 is 0 Å². The molecule has 0 radical (unpaired) electrons. The second kappa shape index (κ2) is 6.66. The molecule has 2 aromatic carbocycles. The predicted octanol–water partition coefficient (Wildman–Crippen LogP) is 4.98. The minimum absolute atomic E-state index is 0.291. The highest BCUT2D eigenvalue weighted by Crippen LogP contribution is 2.44. The molecule has 0 unspecified atom stereocenters. The largest absolute Gasteiger partial charge is 0.508 e. The minimum atomic E-state index is -0.383. The second-order valence-electron chi connectivity index (χ2n) is 5.82. The first-order chi connectivity index (χ1) is 10.1. The van der Waals surface area contributed by atoms with Crippen molar-refractivity contribution in [3.8, 4) is 11.5 Å². The fourth-order valence-electron chi connectivity index (χ4n) is 3.02.